The maximum atomic E-state index is 13.7. The number of rotatable bonds is 3. The molecule has 1 amide bonds. The summed E-state index contributed by atoms with van der Waals surface area (Å²) in [4.78, 5) is 23.6. The first kappa shape index (κ1) is 13.8. The Morgan fingerprint density at radius 1 is 1.24 bits per heavy atom. The summed E-state index contributed by atoms with van der Waals surface area (Å²) in [5, 5.41) is 11.7. The quantitative estimate of drug-likeness (QED) is 0.832. The van der Waals surface area contributed by atoms with Crippen molar-refractivity contribution in [1.29, 1.82) is 0 Å². The molecule has 110 valence electrons. The highest BCUT2D eigenvalue weighted by molar-refractivity contribution is 5.96. The minimum atomic E-state index is -1.09. The molecule has 5 nitrogen and oxygen atoms in total. The van der Waals surface area contributed by atoms with Crippen molar-refractivity contribution in [1.82, 2.24) is 0 Å². The molecule has 3 rings (SSSR count). The van der Waals surface area contributed by atoms with Crippen molar-refractivity contribution in [2.45, 2.75) is 19.1 Å². The van der Waals surface area contributed by atoms with Gasteiger partial charge < -0.3 is 15.2 Å². The summed E-state index contributed by atoms with van der Waals surface area (Å²) in [7, 11) is 0. The van der Waals surface area contributed by atoms with E-state index in [1.54, 1.807) is 25.1 Å². The van der Waals surface area contributed by atoms with Gasteiger partial charge in [-0.05, 0) is 24.6 Å². The van der Waals surface area contributed by atoms with E-state index < -0.39 is 41.7 Å². The Labute approximate surface area is 120 Å². The van der Waals surface area contributed by atoms with E-state index in [2.05, 4.69) is 5.32 Å². The lowest BCUT2D eigenvalue weighted by molar-refractivity contribution is -0.145. The van der Waals surface area contributed by atoms with E-state index in [4.69, 9.17) is 4.74 Å². The number of ether oxygens (including phenoxy) is 1. The number of fused-ring (bicyclic) bond motifs is 2. The summed E-state index contributed by atoms with van der Waals surface area (Å²) in [6, 6.07) is 4.36. The number of benzene rings is 1. The van der Waals surface area contributed by atoms with Gasteiger partial charge in [0.05, 0.1) is 23.8 Å². The van der Waals surface area contributed by atoms with Crippen molar-refractivity contribution in [3.05, 3.63) is 41.7 Å². The first-order chi connectivity index (χ1) is 9.97. The van der Waals surface area contributed by atoms with Gasteiger partial charge in [-0.1, -0.05) is 18.2 Å². The van der Waals surface area contributed by atoms with Gasteiger partial charge in [0.1, 0.15) is 11.7 Å². The van der Waals surface area contributed by atoms with Gasteiger partial charge in [-0.25, -0.2) is 4.39 Å². The second-order valence-electron chi connectivity index (χ2n) is 5.31. The van der Waals surface area contributed by atoms with Crippen molar-refractivity contribution in [3.63, 3.8) is 0 Å². The predicted octanol–water partition coefficient (Wildman–Crippen LogP) is 1.73. The molecule has 0 aromatic heterocycles. The number of carbonyl (C=O) groups excluding carboxylic acids is 1. The Balaban J connectivity index is 1.83. The van der Waals surface area contributed by atoms with Crippen LogP contribution < -0.4 is 5.32 Å². The van der Waals surface area contributed by atoms with Crippen LogP contribution in [0.2, 0.25) is 0 Å². The average molecular weight is 291 g/mol. The smallest absolute Gasteiger partial charge is 0.310 e. The van der Waals surface area contributed by atoms with Crippen molar-refractivity contribution in [2.75, 3.05) is 5.32 Å². The Morgan fingerprint density at radius 3 is 2.57 bits per heavy atom. The molecule has 2 aliphatic heterocycles. The maximum absolute atomic E-state index is 13.7. The molecule has 0 aliphatic carbocycles. The highest BCUT2D eigenvalue weighted by Crippen LogP contribution is 2.40. The van der Waals surface area contributed by atoms with E-state index >= 15 is 0 Å². The number of aliphatic carboxylic acids is 1. The molecule has 0 spiro atoms. The third-order valence-corrected chi connectivity index (χ3v) is 3.87. The van der Waals surface area contributed by atoms with Crippen LogP contribution in [-0.2, 0) is 14.3 Å². The topological polar surface area (TPSA) is 75.6 Å². The Morgan fingerprint density at radius 2 is 1.90 bits per heavy atom. The zero-order valence-corrected chi connectivity index (χ0v) is 11.2. The Bertz CT molecular complexity index is 643. The summed E-state index contributed by atoms with van der Waals surface area (Å²) in [6.45, 7) is 1.78. The number of halogens is 1. The molecular weight excluding hydrogens is 277 g/mol. The molecular formula is C15H14FNO4. The van der Waals surface area contributed by atoms with Crippen LogP contribution in [0.1, 0.15) is 5.56 Å². The average Bonchev–Trinajstić information content (AvgIpc) is 3.03. The monoisotopic (exact) mass is 291 g/mol. The first-order valence-corrected chi connectivity index (χ1v) is 6.61. The lowest BCUT2D eigenvalue weighted by atomic mass is 9.82. The first-order valence-electron chi connectivity index (χ1n) is 6.61. The van der Waals surface area contributed by atoms with E-state index in [1.165, 1.54) is 12.1 Å². The molecule has 0 unspecified atom stereocenters. The molecule has 4 atom stereocenters. The highest BCUT2D eigenvalue weighted by Gasteiger charge is 2.53. The van der Waals surface area contributed by atoms with Crippen molar-refractivity contribution < 1.29 is 23.8 Å². The van der Waals surface area contributed by atoms with Crippen LogP contribution in [0.5, 0.6) is 0 Å². The predicted molar refractivity (Wildman–Crippen MR) is 72.2 cm³/mol. The van der Waals surface area contributed by atoms with Gasteiger partial charge in [0.15, 0.2) is 0 Å². The number of carboxylic acids is 1. The standard InChI is InChI=1S/C15H14FNO4/c1-7-2-3-8(16)9(6-7)17-14(18)12-10-4-5-11(21-10)13(12)15(19)20/h2-6,10-13H,1H3,(H,17,18)(H,19,20)/t10-,11-,12-,13-/m1/s1. The van der Waals surface area contributed by atoms with E-state index in [1.807, 2.05) is 0 Å². The van der Waals surface area contributed by atoms with Gasteiger partial charge in [0.25, 0.3) is 0 Å². The lowest BCUT2D eigenvalue weighted by Gasteiger charge is -2.21. The minimum absolute atomic E-state index is 0.0518. The number of amides is 1. The van der Waals surface area contributed by atoms with Gasteiger partial charge in [-0.3, -0.25) is 9.59 Å². The number of carboxylic acid groups (broad SMARTS) is 1. The third kappa shape index (κ3) is 2.31. The lowest BCUT2D eigenvalue weighted by Crippen LogP contribution is -2.39. The van der Waals surface area contributed by atoms with Crippen molar-refractivity contribution >= 4 is 17.6 Å². The molecule has 2 heterocycles. The molecule has 1 fully saturated rings. The summed E-state index contributed by atoms with van der Waals surface area (Å²) >= 11 is 0. The number of hydrogen-bond donors (Lipinski definition) is 2. The van der Waals surface area contributed by atoms with Gasteiger partial charge in [-0.15, -0.1) is 0 Å². The van der Waals surface area contributed by atoms with E-state index in [0.29, 0.717) is 0 Å². The van der Waals surface area contributed by atoms with Crippen LogP contribution in [0.25, 0.3) is 0 Å². The number of aryl methyl sites for hydroxylation is 1. The summed E-state index contributed by atoms with van der Waals surface area (Å²) < 4.78 is 19.1. The van der Waals surface area contributed by atoms with E-state index in [0.717, 1.165) is 5.56 Å². The SMILES string of the molecule is Cc1ccc(F)c(NC(=O)[C@H]2[C@H](C(=O)O)[C@H]3C=C[C@H]2O3)c1. The van der Waals surface area contributed by atoms with Crippen LogP contribution in [0.3, 0.4) is 0 Å². The van der Waals surface area contributed by atoms with Crippen LogP contribution in [-0.4, -0.2) is 29.2 Å². The zero-order valence-electron chi connectivity index (χ0n) is 11.2. The maximum Gasteiger partial charge on any atom is 0.310 e. The molecule has 0 radical (unpaired) electrons. The molecule has 6 heteroatoms. The fraction of sp³-hybridized carbons (Fsp3) is 0.333. The Kier molecular flexibility index (Phi) is 3.25. The largest absolute Gasteiger partial charge is 0.481 e. The van der Waals surface area contributed by atoms with Gasteiger partial charge in [-0.2, -0.15) is 0 Å². The number of hydrogen-bond acceptors (Lipinski definition) is 3. The minimum Gasteiger partial charge on any atom is -0.481 e. The summed E-state index contributed by atoms with van der Waals surface area (Å²) in [5.74, 6) is -3.97. The van der Waals surface area contributed by atoms with E-state index in [9.17, 15) is 19.1 Å². The molecule has 1 aromatic carbocycles. The second kappa shape index (κ2) is 4.96. The van der Waals surface area contributed by atoms with Gasteiger partial charge in [0.2, 0.25) is 5.91 Å². The van der Waals surface area contributed by atoms with Crippen LogP contribution >= 0.6 is 0 Å². The summed E-state index contributed by atoms with van der Waals surface area (Å²) in [6.07, 6.45) is 2.18. The number of carbonyl (C=O) groups is 2. The highest BCUT2D eigenvalue weighted by atomic mass is 19.1. The number of nitrogens with one attached hydrogen (secondary N) is 1. The number of anilines is 1. The van der Waals surface area contributed by atoms with Crippen molar-refractivity contribution in [2.24, 2.45) is 11.8 Å². The van der Waals surface area contributed by atoms with Crippen LogP contribution in [0.15, 0.2) is 30.4 Å². The fourth-order valence-electron chi connectivity index (χ4n) is 2.87. The molecule has 0 saturated carbocycles. The molecule has 2 aliphatic rings. The molecule has 21 heavy (non-hydrogen) atoms. The second-order valence-corrected chi connectivity index (χ2v) is 5.31. The Hall–Kier alpha value is -2.21. The van der Waals surface area contributed by atoms with E-state index in [-0.39, 0.29) is 5.69 Å². The third-order valence-electron chi connectivity index (χ3n) is 3.87. The van der Waals surface area contributed by atoms with Gasteiger partial charge in [0, 0.05) is 0 Å². The summed E-state index contributed by atoms with van der Waals surface area (Å²) in [5.41, 5.74) is 0.849. The molecule has 2 N–H and O–H groups in total. The molecule has 1 saturated heterocycles. The normalized spacial score (nSPS) is 29.6. The molecule has 2 bridgehead atoms. The van der Waals surface area contributed by atoms with Gasteiger partial charge >= 0.3 is 5.97 Å². The van der Waals surface area contributed by atoms with Crippen LogP contribution in [0, 0.1) is 24.6 Å². The molecule has 1 aromatic rings. The van der Waals surface area contributed by atoms with Crippen LogP contribution in [0.4, 0.5) is 10.1 Å². The zero-order chi connectivity index (χ0) is 15.1. The fourth-order valence-corrected chi connectivity index (χ4v) is 2.87. The van der Waals surface area contributed by atoms with Crippen molar-refractivity contribution in [3.8, 4) is 0 Å².